The summed E-state index contributed by atoms with van der Waals surface area (Å²) in [6.45, 7) is 11.9. The molecule has 3 rings (SSSR count). The van der Waals surface area contributed by atoms with E-state index in [1.165, 1.54) is 12.8 Å². The maximum atomic E-state index is 5.88. The molecule has 78 valence electrons. The van der Waals surface area contributed by atoms with E-state index in [1.54, 1.807) is 0 Å². The fourth-order valence-corrected chi connectivity index (χ4v) is 3.05. The van der Waals surface area contributed by atoms with Crippen molar-refractivity contribution < 1.29 is 4.74 Å². The van der Waals surface area contributed by atoms with Crippen LogP contribution in [0.2, 0.25) is 0 Å². The van der Waals surface area contributed by atoms with Gasteiger partial charge in [0, 0.05) is 0 Å². The number of hydrogen-bond acceptors (Lipinski definition) is 1. The molecule has 0 spiro atoms. The maximum absolute atomic E-state index is 5.88. The molecule has 0 amide bonds. The zero-order chi connectivity index (χ0) is 10.1. The van der Waals surface area contributed by atoms with Gasteiger partial charge in [0.15, 0.2) is 0 Å². The van der Waals surface area contributed by atoms with Crippen LogP contribution in [0.15, 0.2) is 0 Å². The largest absolute Gasteiger partial charge is 0.374 e. The summed E-state index contributed by atoms with van der Waals surface area (Å²) < 4.78 is 5.88. The van der Waals surface area contributed by atoms with E-state index in [-0.39, 0.29) is 0 Å². The predicted molar refractivity (Wildman–Crippen MR) is 56.8 cm³/mol. The molecule has 1 nitrogen and oxygen atoms in total. The zero-order valence-corrected chi connectivity index (χ0v) is 9.76. The number of fused-ring (bicyclic) bond motifs is 1. The molecule has 1 aliphatic carbocycles. The molecule has 1 saturated carbocycles. The molecule has 2 bridgehead atoms. The fourth-order valence-electron chi connectivity index (χ4n) is 3.05. The van der Waals surface area contributed by atoms with Crippen LogP contribution in [0.3, 0.4) is 0 Å². The van der Waals surface area contributed by atoms with Crippen LogP contribution < -0.4 is 0 Å². The summed E-state index contributed by atoms with van der Waals surface area (Å²) >= 11 is 0. The molecule has 13 heavy (non-hydrogen) atoms. The van der Waals surface area contributed by atoms with Crippen LogP contribution >= 0.6 is 0 Å². The highest BCUT2D eigenvalue weighted by Gasteiger charge is 2.60. The molecule has 2 saturated heterocycles. The number of hydrogen-bond donors (Lipinski definition) is 0. The van der Waals surface area contributed by atoms with E-state index in [4.69, 9.17) is 4.74 Å². The normalized spacial score (nSPS) is 41.1. The predicted octanol–water partition coefficient (Wildman–Crippen LogP) is 3.48. The molecular formula is C12H24O. The van der Waals surface area contributed by atoms with Gasteiger partial charge in [-0.05, 0) is 24.2 Å². The third-order valence-electron chi connectivity index (χ3n) is 3.76. The molecule has 0 N–H and O–H groups in total. The lowest BCUT2D eigenvalue weighted by Gasteiger charge is -2.47. The Hall–Kier alpha value is -0.0400. The summed E-state index contributed by atoms with van der Waals surface area (Å²) in [6.07, 6.45) is 2.64. The topological polar surface area (TPSA) is 9.23 Å². The van der Waals surface area contributed by atoms with Crippen molar-refractivity contribution in [3.63, 3.8) is 0 Å². The van der Waals surface area contributed by atoms with Gasteiger partial charge >= 0.3 is 0 Å². The van der Waals surface area contributed by atoms with Crippen molar-refractivity contribution in [1.82, 2.24) is 0 Å². The summed E-state index contributed by atoms with van der Waals surface area (Å²) in [6, 6.07) is 0. The first-order valence-electron chi connectivity index (χ1n) is 5.84. The molecule has 2 heterocycles. The van der Waals surface area contributed by atoms with Gasteiger partial charge in [-0.25, -0.2) is 0 Å². The molecule has 1 heteroatoms. The molecule has 0 aromatic rings. The van der Waals surface area contributed by atoms with E-state index >= 15 is 0 Å². The third kappa shape index (κ3) is 1.41. The minimum absolute atomic E-state index is 0.305. The molecular weight excluding hydrogens is 160 g/mol. The van der Waals surface area contributed by atoms with E-state index < -0.39 is 0 Å². The van der Waals surface area contributed by atoms with Crippen LogP contribution in [0.25, 0.3) is 0 Å². The Morgan fingerprint density at radius 3 is 2.31 bits per heavy atom. The van der Waals surface area contributed by atoms with E-state index in [9.17, 15) is 0 Å². The maximum Gasteiger partial charge on any atom is 0.0740 e. The van der Waals surface area contributed by atoms with Gasteiger partial charge in [-0.15, -0.1) is 0 Å². The quantitative estimate of drug-likeness (QED) is 0.638. The lowest BCUT2D eigenvalue weighted by atomic mass is 9.59. The van der Waals surface area contributed by atoms with Gasteiger partial charge in [0.2, 0.25) is 0 Å². The van der Waals surface area contributed by atoms with Crippen LogP contribution in [0.1, 0.15) is 47.5 Å². The molecule has 3 atom stereocenters. The summed E-state index contributed by atoms with van der Waals surface area (Å²) in [5.74, 6) is 2.50. The molecule has 0 radical (unpaired) electrons. The lowest BCUT2D eigenvalue weighted by Crippen LogP contribution is -2.51. The Bertz CT molecular complexity index is 161. The monoisotopic (exact) mass is 184 g/mol. The first-order chi connectivity index (χ1) is 6.20. The zero-order valence-electron chi connectivity index (χ0n) is 9.76. The Kier molecular flexibility index (Phi) is 3.39. The van der Waals surface area contributed by atoms with Crippen molar-refractivity contribution in [3.8, 4) is 0 Å². The van der Waals surface area contributed by atoms with Crippen molar-refractivity contribution in [2.45, 2.75) is 53.1 Å². The van der Waals surface area contributed by atoms with E-state index in [0.717, 1.165) is 18.4 Å². The molecule has 2 aliphatic heterocycles. The fraction of sp³-hybridized carbons (Fsp3) is 1.00. The van der Waals surface area contributed by atoms with Gasteiger partial charge in [0.25, 0.3) is 0 Å². The Morgan fingerprint density at radius 1 is 1.38 bits per heavy atom. The molecule has 0 aromatic heterocycles. The first-order valence-corrected chi connectivity index (χ1v) is 5.84. The standard InChI is InChI=1S/C10H18O.C2H6/c1-4-9-8-5-10(9,7(2)3)11-6-8;1-2/h7-9H,4-6H2,1-3H3;1-2H3. The van der Waals surface area contributed by atoms with Gasteiger partial charge in [-0.3, -0.25) is 0 Å². The van der Waals surface area contributed by atoms with Crippen molar-refractivity contribution in [2.24, 2.45) is 17.8 Å². The Labute approximate surface area is 82.9 Å². The molecule has 3 unspecified atom stereocenters. The average molecular weight is 184 g/mol. The highest BCUT2D eigenvalue weighted by molar-refractivity contribution is 5.09. The lowest BCUT2D eigenvalue weighted by molar-refractivity contribution is -0.0894. The average Bonchev–Trinajstić information content (AvgIpc) is 2.65. The summed E-state index contributed by atoms with van der Waals surface area (Å²) in [7, 11) is 0. The summed E-state index contributed by atoms with van der Waals surface area (Å²) in [5.41, 5.74) is 0.305. The minimum Gasteiger partial charge on any atom is -0.374 e. The van der Waals surface area contributed by atoms with Gasteiger partial charge in [0.05, 0.1) is 12.2 Å². The van der Waals surface area contributed by atoms with Crippen LogP contribution in [0, 0.1) is 17.8 Å². The van der Waals surface area contributed by atoms with Gasteiger partial charge in [0.1, 0.15) is 0 Å². The Morgan fingerprint density at radius 2 is 2.00 bits per heavy atom. The summed E-state index contributed by atoms with van der Waals surface area (Å²) in [5, 5.41) is 0. The van der Waals surface area contributed by atoms with Crippen LogP contribution in [-0.2, 0) is 4.74 Å². The van der Waals surface area contributed by atoms with Gasteiger partial charge < -0.3 is 4.74 Å². The van der Waals surface area contributed by atoms with E-state index in [0.29, 0.717) is 11.5 Å². The molecule has 3 aliphatic rings. The molecule has 0 aromatic carbocycles. The smallest absolute Gasteiger partial charge is 0.0740 e. The minimum atomic E-state index is 0.305. The number of ether oxygens (including phenoxy) is 1. The van der Waals surface area contributed by atoms with Crippen molar-refractivity contribution in [1.29, 1.82) is 0 Å². The van der Waals surface area contributed by atoms with Crippen molar-refractivity contribution >= 4 is 0 Å². The highest BCUT2D eigenvalue weighted by atomic mass is 16.5. The highest BCUT2D eigenvalue weighted by Crippen LogP contribution is 2.58. The van der Waals surface area contributed by atoms with Crippen molar-refractivity contribution in [2.75, 3.05) is 6.61 Å². The first kappa shape index (κ1) is 11.0. The van der Waals surface area contributed by atoms with Crippen LogP contribution in [0.4, 0.5) is 0 Å². The van der Waals surface area contributed by atoms with E-state index in [2.05, 4.69) is 20.8 Å². The SMILES string of the molecule is CC.CCC1C2COC1(C(C)C)C2. The van der Waals surface area contributed by atoms with Gasteiger partial charge in [-0.2, -0.15) is 0 Å². The number of rotatable bonds is 2. The van der Waals surface area contributed by atoms with Crippen LogP contribution in [-0.4, -0.2) is 12.2 Å². The second kappa shape index (κ2) is 4.00. The summed E-state index contributed by atoms with van der Waals surface area (Å²) in [4.78, 5) is 0. The second-order valence-corrected chi connectivity index (χ2v) is 4.40. The van der Waals surface area contributed by atoms with Crippen molar-refractivity contribution in [3.05, 3.63) is 0 Å². The third-order valence-corrected chi connectivity index (χ3v) is 3.76. The van der Waals surface area contributed by atoms with E-state index in [1.807, 2.05) is 13.8 Å². The second-order valence-electron chi connectivity index (χ2n) is 4.40. The van der Waals surface area contributed by atoms with Crippen LogP contribution in [0.5, 0.6) is 0 Å². The van der Waals surface area contributed by atoms with Gasteiger partial charge in [-0.1, -0.05) is 41.0 Å². The molecule has 3 fully saturated rings. The Balaban J connectivity index is 0.000000396.